The van der Waals surface area contributed by atoms with Crippen LogP contribution in [0.2, 0.25) is 0 Å². The summed E-state index contributed by atoms with van der Waals surface area (Å²) in [4.78, 5) is 7.13. The standard InChI is InChI=1S/C52H44N4S/c1-2-17-34-52(37-22-9-4-10-23-37,38-24-11-5-12-25-38)46-35(19-6-1)32-33-41-39-26-13-15-30-44(39)56(47(41)46)51-54-49(36-20-7-3-8-21-36)53-50(55-51)43-29-18-28-42-40-27-14-16-31-45(40)57-48(42)43/h1-15,17-18,20-24,26-30,32-33,38,49-50,53H,16,19,25,31,34H2,(H,54,55)/b6-1-,17-2-. The molecule has 0 saturated heterocycles. The van der Waals surface area contributed by atoms with Gasteiger partial charge in [-0.2, -0.15) is 0 Å². The van der Waals surface area contributed by atoms with E-state index in [-0.39, 0.29) is 23.7 Å². The number of para-hydroxylation sites is 1. The molecule has 4 nitrogen and oxygen atoms in total. The van der Waals surface area contributed by atoms with E-state index in [4.69, 9.17) is 4.99 Å². The minimum atomic E-state index is -0.354. The lowest BCUT2D eigenvalue weighted by Crippen LogP contribution is -2.47. The molecule has 4 unspecified atom stereocenters. The Labute approximate surface area is 338 Å². The number of nitrogens with one attached hydrogen (secondary N) is 2. The highest BCUT2D eigenvalue weighted by atomic mass is 32.1. The van der Waals surface area contributed by atoms with Crippen LogP contribution in [0.1, 0.15) is 69.9 Å². The molecule has 7 aromatic rings. The fourth-order valence-corrected chi connectivity index (χ4v) is 11.4. The SMILES string of the molecule is C1=CCC(C2(c3ccccc3)C/C=C\C=C/Cc3ccc4c5ccccc5n(C5=NC(c6ccccc6)NC(c6cccc7c8c(sc67)CCC=C8)N5)c4c32)C=C1. The lowest BCUT2D eigenvalue weighted by molar-refractivity contribution is 0.383. The highest BCUT2D eigenvalue weighted by Gasteiger charge is 2.44. The maximum atomic E-state index is 5.65. The summed E-state index contributed by atoms with van der Waals surface area (Å²) in [5.74, 6) is 1.10. The average molecular weight is 757 g/mol. The van der Waals surface area contributed by atoms with Crippen molar-refractivity contribution >= 4 is 55.3 Å². The zero-order chi connectivity index (χ0) is 37.8. The van der Waals surface area contributed by atoms with Crippen molar-refractivity contribution < 1.29 is 0 Å². The van der Waals surface area contributed by atoms with Crippen LogP contribution >= 0.6 is 11.3 Å². The zero-order valence-electron chi connectivity index (χ0n) is 31.8. The predicted molar refractivity (Wildman–Crippen MR) is 240 cm³/mol. The van der Waals surface area contributed by atoms with Crippen LogP contribution in [0.3, 0.4) is 0 Å². The molecular formula is C52H44N4S. The summed E-state index contributed by atoms with van der Waals surface area (Å²) >= 11 is 1.96. The van der Waals surface area contributed by atoms with Gasteiger partial charge in [0.1, 0.15) is 12.3 Å². The normalized spacial score (nSPS) is 23.9. The Bertz CT molecular complexity index is 2850. The molecule has 3 heterocycles. The van der Waals surface area contributed by atoms with Crippen molar-refractivity contribution in [2.45, 2.75) is 49.9 Å². The number of aromatic nitrogens is 1. The van der Waals surface area contributed by atoms with Gasteiger partial charge in [0.05, 0.1) is 11.0 Å². The minimum Gasteiger partial charge on any atom is -0.336 e. The predicted octanol–water partition coefficient (Wildman–Crippen LogP) is 12.2. The Morgan fingerprint density at radius 1 is 0.719 bits per heavy atom. The summed E-state index contributed by atoms with van der Waals surface area (Å²) in [6, 6.07) is 42.6. The van der Waals surface area contributed by atoms with E-state index < -0.39 is 0 Å². The largest absolute Gasteiger partial charge is 0.336 e. The van der Waals surface area contributed by atoms with Crippen molar-refractivity contribution in [1.29, 1.82) is 0 Å². The molecule has 3 aliphatic carbocycles. The van der Waals surface area contributed by atoms with Gasteiger partial charge in [0.25, 0.3) is 0 Å². The second kappa shape index (κ2) is 14.2. The van der Waals surface area contributed by atoms with Crippen LogP contribution in [0.4, 0.5) is 0 Å². The summed E-state index contributed by atoms with van der Waals surface area (Å²) in [5, 5.41) is 11.9. The first kappa shape index (κ1) is 34.3. The molecule has 0 fully saturated rings. The topological polar surface area (TPSA) is 41.4 Å². The van der Waals surface area contributed by atoms with Gasteiger partial charge in [-0.15, -0.1) is 11.3 Å². The van der Waals surface area contributed by atoms with Gasteiger partial charge in [-0.05, 0) is 71.9 Å². The third-order valence-electron chi connectivity index (χ3n) is 12.6. The molecule has 0 spiro atoms. The van der Waals surface area contributed by atoms with Crippen molar-refractivity contribution in [1.82, 2.24) is 15.2 Å². The highest BCUT2D eigenvalue weighted by molar-refractivity contribution is 7.19. The molecule has 0 bridgehead atoms. The van der Waals surface area contributed by atoms with Gasteiger partial charge in [-0.1, -0.05) is 170 Å². The molecule has 2 N–H and O–H groups in total. The monoisotopic (exact) mass is 756 g/mol. The first-order valence-electron chi connectivity index (χ1n) is 20.4. The van der Waals surface area contributed by atoms with Crippen molar-refractivity contribution in [2.24, 2.45) is 10.9 Å². The Balaban J connectivity index is 1.21. The number of thiophene rings is 1. The third kappa shape index (κ3) is 5.63. The van der Waals surface area contributed by atoms with Crippen LogP contribution in [-0.4, -0.2) is 10.5 Å². The first-order chi connectivity index (χ1) is 28.3. The van der Waals surface area contributed by atoms with Crippen LogP contribution in [0.5, 0.6) is 0 Å². The highest BCUT2D eigenvalue weighted by Crippen LogP contribution is 2.51. The zero-order valence-corrected chi connectivity index (χ0v) is 32.6. The number of rotatable bonds is 4. The van der Waals surface area contributed by atoms with E-state index in [1.54, 1.807) is 0 Å². The van der Waals surface area contributed by atoms with Crippen molar-refractivity contribution in [3.63, 3.8) is 0 Å². The molecule has 0 radical (unpaired) electrons. The number of hydrogen-bond acceptors (Lipinski definition) is 4. The van der Waals surface area contributed by atoms with Gasteiger partial charge in [0, 0.05) is 36.7 Å². The van der Waals surface area contributed by atoms with Gasteiger partial charge >= 0.3 is 0 Å². The van der Waals surface area contributed by atoms with E-state index in [0.717, 1.165) is 49.1 Å². The van der Waals surface area contributed by atoms with Gasteiger partial charge < -0.3 is 5.32 Å². The molecule has 57 heavy (non-hydrogen) atoms. The summed E-state index contributed by atoms with van der Waals surface area (Å²) in [5.41, 5.74) is 9.90. The fourth-order valence-electron chi connectivity index (χ4n) is 10.0. The molecule has 0 saturated carbocycles. The number of aliphatic imine (C=N–C) groups is 1. The van der Waals surface area contributed by atoms with Crippen LogP contribution in [-0.2, 0) is 18.3 Å². The number of benzene rings is 5. The minimum absolute atomic E-state index is 0.184. The summed E-state index contributed by atoms with van der Waals surface area (Å²) in [7, 11) is 0. The number of allylic oxidation sites excluding steroid dienone is 9. The Morgan fingerprint density at radius 2 is 1.53 bits per heavy atom. The summed E-state index contributed by atoms with van der Waals surface area (Å²) in [6.45, 7) is 0. The van der Waals surface area contributed by atoms with Crippen LogP contribution in [0.25, 0.3) is 38.0 Å². The van der Waals surface area contributed by atoms with Crippen molar-refractivity contribution in [3.8, 4) is 0 Å². The van der Waals surface area contributed by atoms with E-state index in [1.165, 1.54) is 59.1 Å². The smallest absolute Gasteiger partial charge is 0.206 e. The Hall–Kier alpha value is -6.01. The lowest BCUT2D eigenvalue weighted by Gasteiger charge is -2.43. The average Bonchev–Trinajstić information content (AvgIpc) is 3.85. The van der Waals surface area contributed by atoms with Crippen LogP contribution < -0.4 is 10.6 Å². The molecule has 11 rings (SSSR count). The third-order valence-corrected chi connectivity index (χ3v) is 13.9. The molecule has 5 heteroatoms. The number of fused-ring (bicyclic) bond motifs is 8. The van der Waals surface area contributed by atoms with Gasteiger partial charge in [-0.3, -0.25) is 9.88 Å². The summed E-state index contributed by atoms with van der Waals surface area (Å²) < 4.78 is 3.83. The lowest BCUT2D eigenvalue weighted by atomic mass is 9.60. The van der Waals surface area contributed by atoms with Crippen molar-refractivity contribution in [2.75, 3.05) is 0 Å². The number of aryl methyl sites for hydroxylation is 1. The summed E-state index contributed by atoms with van der Waals surface area (Å²) in [6.07, 6.45) is 27.6. The van der Waals surface area contributed by atoms with E-state index in [2.05, 4.69) is 191 Å². The van der Waals surface area contributed by atoms with E-state index in [0.29, 0.717) is 0 Å². The molecule has 4 atom stereocenters. The Kier molecular flexibility index (Phi) is 8.52. The number of hydrogen-bond donors (Lipinski definition) is 2. The molecule has 5 aromatic carbocycles. The quantitative estimate of drug-likeness (QED) is 0.188. The van der Waals surface area contributed by atoms with Crippen molar-refractivity contribution in [3.05, 3.63) is 208 Å². The van der Waals surface area contributed by atoms with E-state index >= 15 is 0 Å². The molecule has 4 aliphatic rings. The van der Waals surface area contributed by atoms with Crippen LogP contribution in [0.15, 0.2) is 175 Å². The van der Waals surface area contributed by atoms with Crippen LogP contribution in [0, 0.1) is 5.92 Å². The fraction of sp³-hybridized carbons (Fsp3) is 0.173. The molecule has 2 aromatic heterocycles. The number of nitrogens with zero attached hydrogens (tertiary/aromatic N) is 2. The maximum Gasteiger partial charge on any atom is 0.206 e. The van der Waals surface area contributed by atoms with E-state index in [9.17, 15) is 0 Å². The molecular weight excluding hydrogens is 713 g/mol. The maximum absolute atomic E-state index is 5.65. The molecule has 278 valence electrons. The Morgan fingerprint density at radius 3 is 2.40 bits per heavy atom. The van der Waals surface area contributed by atoms with E-state index in [1.807, 2.05) is 11.3 Å². The molecule has 0 amide bonds. The molecule has 1 aliphatic heterocycles. The van der Waals surface area contributed by atoms with Gasteiger partial charge in [0.15, 0.2) is 0 Å². The second-order valence-electron chi connectivity index (χ2n) is 15.7. The van der Waals surface area contributed by atoms with Gasteiger partial charge in [-0.25, -0.2) is 4.99 Å². The van der Waals surface area contributed by atoms with Gasteiger partial charge in [0.2, 0.25) is 5.96 Å². The first-order valence-corrected chi connectivity index (χ1v) is 21.2. The second-order valence-corrected chi connectivity index (χ2v) is 16.8.